The molecular weight excluding hydrogens is 260 g/mol. The van der Waals surface area contributed by atoms with E-state index in [0.717, 1.165) is 18.8 Å². The molecule has 122 valence electrons. The third-order valence-corrected chi connectivity index (χ3v) is 5.66. The molecule has 3 nitrogen and oxygen atoms in total. The van der Waals surface area contributed by atoms with Crippen molar-refractivity contribution in [3.8, 4) is 0 Å². The number of amides is 1. The van der Waals surface area contributed by atoms with Gasteiger partial charge in [0.25, 0.3) is 0 Å². The molecule has 1 N–H and O–H groups in total. The Morgan fingerprint density at radius 3 is 2.62 bits per heavy atom. The summed E-state index contributed by atoms with van der Waals surface area (Å²) in [7, 11) is 0. The molecule has 0 bridgehead atoms. The van der Waals surface area contributed by atoms with Crippen LogP contribution in [0, 0.1) is 11.8 Å². The van der Waals surface area contributed by atoms with Crippen molar-refractivity contribution < 1.29 is 4.79 Å². The fraction of sp³-hybridized carbons (Fsp3) is 0.944. The summed E-state index contributed by atoms with van der Waals surface area (Å²) in [5.74, 6) is 1.77. The first-order chi connectivity index (χ1) is 9.91. The Kier molecular flexibility index (Phi) is 5.34. The van der Waals surface area contributed by atoms with E-state index in [-0.39, 0.29) is 11.7 Å². The number of rotatable bonds is 5. The van der Waals surface area contributed by atoms with Gasteiger partial charge in [-0.1, -0.05) is 47.0 Å². The molecule has 3 heteroatoms. The van der Waals surface area contributed by atoms with Crippen molar-refractivity contribution in [1.29, 1.82) is 0 Å². The van der Waals surface area contributed by atoms with E-state index < -0.39 is 0 Å². The predicted octanol–water partition coefficient (Wildman–Crippen LogP) is 3.93. The molecule has 0 spiro atoms. The first-order valence-electron chi connectivity index (χ1n) is 9.01. The van der Waals surface area contributed by atoms with Gasteiger partial charge in [0.1, 0.15) is 0 Å². The van der Waals surface area contributed by atoms with Crippen LogP contribution in [-0.4, -0.2) is 28.6 Å². The van der Waals surface area contributed by atoms with Crippen molar-refractivity contribution in [2.24, 2.45) is 11.8 Å². The molecule has 21 heavy (non-hydrogen) atoms. The second kappa shape index (κ2) is 6.68. The average molecular weight is 294 g/mol. The van der Waals surface area contributed by atoms with Crippen LogP contribution < -0.4 is 5.32 Å². The molecule has 1 aliphatic heterocycles. The molecule has 1 saturated heterocycles. The lowest BCUT2D eigenvalue weighted by molar-refractivity contribution is -0.136. The molecule has 0 aromatic carbocycles. The van der Waals surface area contributed by atoms with Crippen LogP contribution in [0.3, 0.4) is 0 Å². The maximum absolute atomic E-state index is 13.0. The van der Waals surface area contributed by atoms with E-state index in [0.29, 0.717) is 17.9 Å². The summed E-state index contributed by atoms with van der Waals surface area (Å²) in [6.07, 6.45) is 8.47. The minimum atomic E-state index is -0.348. The van der Waals surface area contributed by atoms with E-state index in [4.69, 9.17) is 0 Å². The molecule has 2 aliphatic rings. The molecular formula is C18H34N2O. The third-order valence-electron chi connectivity index (χ3n) is 5.66. The molecule has 4 unspecified atom stereocenters. The number of carbonyl (C=O) groups excluding carboxylic acids is 1. The lowest BCUT2D eigenvalue weighted by Crippen LogP contribution is -2.47. The van der Waals surface area contributed by atoms with Gasteiger partial charge in [-0.3, -0.25) is 10.1 Å². The molecule has 1 heterocycles. The number of hydrogen-bond donors (Lipinski definition) is 1. The highest BCUT2D eigenvalue weighted by atomic mass is 16.2. The van der Waals surface area contributed by atoms with Crippen LogP contribution in [0.15, 0.2) is 0 Å². The second-order valence-electron chi connectivity index (χ2n) is 7.78. The van der Waals surface area contributed by atoms with Gasteiger partial charge in [0.2, 0.25) is 5.91 Å². The van der Waals surface area contributed by atoms with Crippen molar-refractivity contribution in [2.75, 3.05) is 0 Å². The van der Waals surface area contributed by atoms with Crippen LogP contribution in [0.25, 0.3) is 0 Å². The first-order valence-corrected chi connectivity index (χ1v) is 9.01. The minimum Gasteiger partial charge on any atom is -0.323 e. The average Bonchev–Trinajstić information content (AvgIpc) is 2.70. The summed E-state index contributed by atoms with van der Waals surface area (Å²) in [5, 5.41) is 3.65. The number of carbonyl (C=O) groups is 1. The van der Waals surface area contributed by atoms with E-state index >= 15 is 0 Å². The smallest absolute Gasteiger partial charge is 0.244 e. The topological polar surface area (TPSA) is 32.3 Å². The highest BCUT2D eigenvalue weighted by Gasteiger charge is 2.49. The number of nitrogens with zero attached hydrogens (tertiary/aromatic N) is 1. The van der Waals surface area contributed by atoms with Crippen LogP contribution in [-0.2, 0) is 4.79 Å². The van der Waals surface area contributed by atoms with Gasteiger partial charge in [-0.05, 0) is 44.4 Å². The van der Waals surface area contributed by atoms with Crippen molar-refractivity contribution >= 4 is 5.91 Å². The van der Waals surface area contributed by atoms with E-state index in [1.165, 1.54) is 32.1 Å². The van der Waals surface area contributed by atoms with Crippen molar-refractivity contribution in [2.45, 2.75) is 97.3 Å². The molecule has 0 aromatic heterocycles. The van der Waals surface area contributed by atoms with Gasteiger partial charge in [0, 0.05) is 6.04 Å². The Labute approximate surface area is 130 Å². The zero-order valence-corrected chi connectivity index (χ0v) is 14.6. The SMILES string of the molecule is CCC1CCCC(N2C(=O)C(C)(CC)NC2CC(C)C)C1. The third kappa shape index (κ3) is 3.44. The fourth-order valence-electron chi connectivity index (χ4n) is 4.10. The highest BCUT2D eigenvalue weighted by molar-refractivity contribution is 5.88. The minimum absolute atomic E-state index is 0.239. The summed E-state index contributed by atoms with van der Waals surface area (Å²) in [4.78, 5) is 15.2. The molecule has 1 saturated carbocycles. The Morgan fingerprint density at radius 1 is 1.33 bits per heavy atom. The number of hydrogen-bond acceptors (Lipinski definition) is 2. The molecule has 4 atom stereocenters. The van der Waals surface area contributed by atoms with Gasteiger partial charge in [-0.25, -0.2) is 0 Å². The highest BCUT2D eigenvalue weighted by Crippen LogP contribution is 2.36. The standard InChI is InChI=1S/C18H34N2O/c1-6-14-9-8-10-15(12-14)20-16(11-13(3)4)19-18(5,7-2)17(20)21/h13-16,19H,6-12H2,1-5H3. The zero-order valence-electron chi connectivity index (χ0n) is 14.6. The van der Waals surface area contributed by atoms with Gasteiger partial charge < -0.3 is 4.90 Å². The Morgan fingerprint density at radius 2 is 2.05 bits per heavy atom. The second-order valence-corrected chi connectivity index (χ2v) is 7.78. The van der Waals surface area contributed by atoms with E-state index in [9.17, 15) is 4.79 Å². The Hall–Kier alpha value is -0.570. The Bertz CT molecular complexity index is 368. The first kappa shape index (κ1) is 16.8. The lowest BCUT2D eigenvalue weighted by atomic mass is 9.83. The van der Waals surface area contributed by atoms with E-state index in [2.05, 4.69) is 44.8 Å². The molecule has 0 aromatic rings. The molecule has 1 amide bonds. The summed E-state index contributed by atoms with van der Waals surface area (Å²) in [5.41, 5.74) is -0.348. The van der Waals surface area contributed by atoms with Crippen molar-refractivity contribution in [3.05, 3.63) is 0 Å². The molecule has 2 fully saturated rings. The Balaban J connectivity index is 2.18. The van der Waals surface area contributed by atoms with Crippen LogP contribution >= 0.6 is 0 Å². The van der Waals surface area contributed by atoms with Gasteiger partial charge in [0.15, 0.2) is 0 Å². The maximum Gasteiger partial charge on any atom is 0.244 e. The lowest BCUT2D eigenvalue weighted by Gasteiger charge is -2.38. The summed E-state index contributed by atoms with van der Waals surface area (Å²) in [6.45, 7) is 11.0. The van der Waals surface area contributed by atoms with Gasteiger partial charge in [0.05, 0.1) is 11.7 Å². The molecule has 1 aliphatic carbocycles. The van der Waals surface area contributed by atoms with Crippen molar-refractivity contribution in [1.82, 2.24) is 10.2 Å². The van der Waals surface area contributed by atoms with Crippen molar-refractivity contribution in [3.63, 3.8) is 0 Å². The van der Waals surface area contributed by atoms with Gasteiger partial charge in [-0.15, -0.1) is 0 Å². The zero-order chi connectivity index (χ0) is 15.6. The van der Waals surface area contributed by atoms with E-state index in [1.807, 2.05) is 0 Å². The molecule has 2 rings (SSSR count). The largest absolute Gasteiger partial charge is 0.323 e. The van der Waals surface area contributed by atoms with Crippen LogP contribution in [0.1, 0.15) is 79.6 Å². The maximum atomic E-state index is 13.0. The summed E-state index contributed by atoms with van der Waals surface area (Å²) in [6, 6.07) is 0.459. The summed E-state index contributed by atoms with van der Waals surface area (Å²) >= 11 is 0. The van der Waals surface area contributed by atoms with Crippen LogP contribution in [0.4, 0.5) is 0 Å². The monoisotopic (exact) mass is 294 g/mol. The molecule has 0 radical (unpaired) electrons. The van der Waals surface area contributed by atoms with E-state index in [1.54, 1.807) is 0 Å². The van der Waals surface area contributed by atoms with Crippen LogP contribution in [0.2, 0.25) is 0 Å². The van der Waals surface area contributed by atoms with Gasteiger partial charge >= 0.3 is 0 Å². The normalized spacial score (nSPS) is 37.5. The van der Waals surface area contributed by atoms with Crippen LogP contribution in [0.5, 0.6) is 0 Å². The summed E-state index contributed by atoms with van der Waals surface area (Å²) < 4.78 is 0. The quantitative estimate of drug-likeness (QED) is 0.833. The predicted molar refractivity (Wildman–Crippen MR) is 88.0 cm³/mol. The fourth-order valence-corrected chi connectivity index (χ4v) is 4.10. The van der Waals surface area contributed by atoms with Gasteiger partial charge in [-0.2, -0.15) is 0 Å². The number of nitrogens with one attached hydrogen (secondary N) is 1.